The van der Waals surface area contributed by atoms with Crippen LogP contribution in [0.25, 0.3) is 10.9 Å². The van der Waals surface area contributed by atoms with Gasteiger partial charge < -0.3 is 4.98 Å². The van der Waals surface area contributed by atoms with Gasteiger partial charge in [-0.25, -0.2) is 0 Å². The van der Waals surface area contributed by atoms with Crippen molar-refractivity contribution in [2.24, 2.45) is 0 Å². The van der Waals surface area contributed by atoms with Gasteiger partial charge in [-0.1, -0.05) is 60.1 Å². The molecule has 0 saturated heterocycles. The summed E-state index contributed by atoms with van der Waals surface area (Å²) in [5.74, 6) is 0.119. The molecule has 1 aliphatic rings. The molecule has 0 amide bonds. The molecule has 0 atom stereocenters. The van der Waals surface area contributed by atoms with Crippen LogP contribution in [0.1, 0.15) is 41.0 Å². The van der Waals surface area contributed by atoms with Crippen molar-refractivity contribution in [1.29, 1.82) is 0 Å². The van der Waals surface area contributed by atoms with Crippen molar-refractivity contribution in [3.8, 4) is 0 Å². The van der Waals surface area contributed by atoms with Crippen LogP contribution in [-0.2, 0) is 5.41 Å². The van der Waals surface area contributed by atoms with Crippen LogP contribution in [-0.4, -0.2) is 10.8 Å². The molecule has 3 heteroatoms. The highest BCUT2D eigenvalue weighted by molar-refractivity contribution is 9.10. The van der Waals surface area contributed by atoms with Gasteiger partial charge in [-0.2, -0.15) is 0 Å². The topological polar surface area (TPSA) is 32.9 Å². The van der Waals surface area contributed by atoms with E-state index in [9.17, 15) is 4.79 Å². The Morgan fingerprint density at radius 2 is 1.86 bits per heavy atom. The number of halogens is 1. The van der Waals surface area contributed by atoms with Crippen molar-refractivity contribution in [2.75, 3.05) is 0 Å². The zero-order valence-electron chi connectivity index (χ0n) is 11.8. The molecule has 1 aromatic heterocycles. The third-order valence-electron chi connectivity index (χ3n) is 4.46. The van der Waals surface area contributed by atoms with Crippen molar-refractivity contribution in [1.82, 2.24) is 4.98 Å². The molecule has 21 heavy (non-hydrogen) atoms. The second-order valence-corrected chi connectivity index (χ2v) is 6.98. The molecule has 0 aliphatic heterocycles. The summed E-state index contributed by atoms with van der Waals surface area (Å²) in [6, 6.07) is 13.9. The maximum absolute atomic E-state index is 12.9. The van der Waals surface area contributed by atoms with Crippen molar-refractivity contribution >= 4 is 32.6 Å². The number of fused-ring (bicyclic) bond motifs is 4. The zero-order chi connectivity index (χ0) is 14.8. The SMILES string of the molecule is CC1(C)c2ccccc2C(=O)c2c1[nH]c1cc(Br)ccc21. The van der Waals surface area contributed by atoms with E-state index in [1.165, 1.54) is 0 Å². The van der Waals surface area contributed by atoms with Crippen LogP contribution in [0.4, 0.5) is 0 Å². The van der Waals surface area contributed by atoms with Gasteiger partial charge in [-0.15, -0.1) is 0 Å². The van der Waals surface area contributed by atoms with E-state index < -0.39 is 0 Å². The Hall–Kier alpha value is -1.87. The van der Waals surface area contributed by atoms with Crippen LogP contribution in [0.3, 0.4) is 0 Å². The highest BCUT2D eigenvalue weighted by atomic mass is 79.9. The Kier molecular flexibility index (Phi) is 2.49. The molecule has 0 spiro atoms. The predicted octanol–water partition coefficient (Wildman–Crippen LogP) is 4.80. The lowest BCUT2D eigenvalue weighted by Gasteiger charge is -2.31. The van der Waals surface area contributed by atoms with Crippen LogP contribution in [0.2, 0.25) is 0 Å². The number of hydrogen-bond acceptors (Lipinski definition) is 1. The monoisotopic (exact) mass is 339 g/mol. The van der Waals surface area contributed by atoms with Crippen LogP contribution in [0.5, 0.6) is 0 Å². The highest BCUT2D eigenvalue weighted by Gasteiger charge is 2.39. The van der Waals surface area contributed by atoms with E-state index >= 15 is 0 Å². The molecule has 0 unspecified atom stereocenters. The molecule has 2 nitrogen and oxygen atoms in total. The molecule has 1 aliphatic carbocycles. The Morgan fingerprint density at radius 1 is 1.10 bits per heavy atom. The van der Waals surface area contributed by atoms with Gasteiger partial charge in [0, 0.05) is 32.0 Å². The van der Waals surface area contributed by atoms with Gasteiger partial charge in [0.2, 0.25) is 0 Å². The first-order chi connectivity index (χ1) is 10.00. The van der Waals surface area contributed by atoms with E-state index in [1.54, 1.807) is 0 Å². The summed E-state index contributed by atoms with van der Waals surface area (Å²) in [5.41, 5.74) is 4.54. The number of hydrogen-bond donors (Lipinski definition) is 1. The second kappa shape index (κ2) is 4.08. The van der Waals surface area contributed by atoms with Crippen molar-refractivity contribution in [2.45, 2.75) is 19.3 Å². The van der Waals surface area contributed by atoms with Gasteiger partial charge >= 0.3 is 0 Å². The first kappa shape index (κ1) is 12.8. The summed E-state index contributed by atoms with van der Waals surface area (Å²) < 4.78 is 1.01. The number of carbonyl (C=O) groups excluding carboxylic acids is 1. The summed E-state index contributed by atoms with van der Waals surface area (Å²) in [4.78, 5) is 16.4. The normalized spacial score (nSPS) is 15.9. The first-order valence-electron chi connectivity index (χ1n) is 6.96. The summed E-state index contributed by atoms with van der Waals surface area (Å²) in [6.45, 7) is 4.34. The molecule has 0 fully saturated rings. The number of carbonyl (C=O) groups is 1. The Balaban J connectivity index is 2.14. The second-order valence-electron chi connectivity index (χ2n) is 6.06. The van der Waals surface area contributed by atoms with Crippen LogP contribution < -0.4 is 0 Å². The van der Waals surface area contributed by atoms with E-state index in [1.807, 2.05) is 36.4 Å². The molecule has 4 rings (SSSR count). The number of aromatic amines is 1. The third-order valence-corrected chi connectivity index (χ3v) is 4.95. The minimum absolute atomic E-state index is 0.119. The largest absolute Gasteiger partial charge is 0.357 e. The maximum Gasteiger partial charge on any atom is 0.195 e. The quantitative estimate of drug-likeness (QED) is 0.626. The van der Waals surface area contributed by atoms with Gasteiger partial charge in [0.25, 0.3) is 0 Å². The zero-order valence-corrected chi connectivity index (χ0v) is 13.4. The van der Waals surface area contributed by atoms with Crippen molar-refractivity contribution < 1.29 is 4.79 Å². The molecule has 3 aromatic rings. The first-order valence-corrected chi connectivity index (χ1v) is 7.75. The standard InChI is InChI=1S/C18H14BrNO/c1-18(2)13-6-4-3-5-11(13)16(21)15-12-8-7-10(19)9-14(12)20-17(15)18/h3-9,20H,1-2H3. The minimum Gasteiger partial charge on any atom is -0.357 e. The van der Waals surface area contributed by atoms with Gasteiger partial charge in [-0.05, 0) is 17.7 Å². The van der Waals surface area contributed by atoms with E-state index in [-0.39, 0.29) is 11.2 Å². The molecule has 2 aromatic carbocycles. The van der Waals surface area contributed by atoms with E-state index in [0.717, 1.165) is 37.8 Å². The lowest BCUT2D eigenvalue weighted by Crippen LogP contribution is -2.30. The van der Waals surface area contributed by atoms with E-state index in [0.29, 0.717) is 0 Å². The maximum atomic E-state index is 12.9. The minimum atomic E-state index is -0.203. The number of rotatable bonds is 0. The number of H-pyrrole nitrogens is 1. The fourth-order valence-corrected chi connectivity index (χ4v) is 3.73. The molecule has 0 bridgehead atoms. The fraction of sp³-hybridized carbons (Fsp3) is 0.167. The van der Waals surface area contributed by atoms with Gasteiger partial charge in [0.05, 0.1) is 5.56 Å². The van der Waals surface area contributed by atoms with Gasteiger partial charge in [-0.3, -0.25) is 4.79 Å². The third kappa shape index (κ3) is 1.61. The van der Waals surface area contributed by atoms with Crippen LogP contribution in [0, 0.1) is 0 Å². The number of benzene rings is 2. The lowest BCUT2D eigenvalue weighted by atomic mass is 9.71. The number of aromatic nitrogens is 1. The summed E-state index contributed by atoms with van der Waals surface area (Å²) in [6.07, 6.45) is 0. The van der Waals surface area contributed by atoms with Gasteiger partial charge in [0.15, 0.2) is 5.78 Å². The molecule has 1 heterocycles. The summed E-state index contributed by atoms with van der Waals surface area (Å²) in [5, 5.41) is 1.00. The average molecular weight is 340 g/mol. The average Bonchev–Trinajstić information content (AvgIpc) is 2.85. The Labute approximate surface area is 131 Å². The molecule has 0 saturated carbocycles. The summed E-state index contributed by atoms with van der Waals surface area (Å²) in [7, 11) is 0. The smallest absolute Gasteiger partial charge is 0.195 e. The Morgan fingerprint density at radius 3 is 2.67 bits per heavy atom. The molecule has 104 valence electrons. The van der Waals surface area contributed by atoms with Crippen molar-refractivity contribution in [3.63, 3.8) is 0 Å². The predicted molar refractivity (Wildman–Crippen MR) is 88.0 cm³/mol. The number of ketones is 1. The molecule has 0 radical (unpaired) electrons. The molecular weight excluding hydrogens is 326 g/mol. The molecular formula is C18H14BrNO. The fourth-order valence-electron chi connectivity index (χ4n) is 3.37. The summed E-state index contributed by atoms with van der Waals surface area (Å²) >= 11 is 3.49. The van der Waals surface area contributed by atoms with Crippen LogP contribution >= 0.6 is 15.9 Å². The van der Waals surface area contributed by atoms with E-state index in [2.05, 4.69) is 40.8 Å². The highest BCUT2D eigenvalue weighted by Crippen LogP contribution is 2.43. The molecule has 1 N–H and O–H groups in total. The Bertz CT molecular complexity index is 905. The lowest BCUT2D eigenvalue weighted by molar-refractivity contribution is 0.103. The number of nitrogens with one attached hydrogen (secondary N) is 1. The van der Waals surface area contributed by atoms with Crippen molar-refractivity contribution in [3.05, 3.63) is 69.3 Å². The van der Waals surface area contributed by atoms with E-state index in [4.69, 9.17) is 0 Å². The van der Waals surface area contributed by atoms with Crippen LogP contribution in [0.15, 0.2) is 46.9 Å². The van der Waals surface area contributed by atoms with Gasteiger partial charge in [0.1, 0.15) is 0 Å².